The number of carbonyl (C=O) groups excluding carboxylic acids is 2. The molecule has 1 aliphatic heterocycles. The Morgan fingerprint density at radius 3 is 2.47 bits per heavy atom. The van der Waals surface area contributed by atoms with E-state index in [9.17, 15) is 9.59 Å². The number of likely N-dealkylation sites (tertiary alicyclic amines) is 1. The van der Waals surface area contributed by atoms with Gasteiger partial charge in [0, 0.05) is 90.6 Å². The molecule has 0 aliphatic carbocycles. The van der Waals surface area contributed by atoms with Crippen molar-refractivity contribution in [1.29, 1.82) is 0 Å². The maximum Gasteiger partial charge on any atom is 0.223 e. The standard InChI is InChI=1S/C50H64N12O2S2/c1-4-27-65-50-56-47(54-22-20-51)46-48(57-50)62(59-58-46)32-35-10-8-34(9-11-35)7-6-21-55-49(64)38-18-24-60(25-19-38)26-23-53-45(63)17-13-37-29-44(66-33-37)39-14-15-40-41-28-36(31-52-3)12-16-42(41)61(5-2)43(40)30-39/h8-12,14-16,28-30,33,38,52H,4-7,13,17-27,31-32,51H2,1-3H3,(H,53,63)(H,55,64)(H,54,56,57). The van der Waals surface area contributed by atoms with Gasteiger partial charge in [-0.3, -0.25) is 9.59 Å². The number of amides is 2. The van der Waals surface area contributed by atoms with Gasteiger partial charge in [-0.15, -0.1) is 16.4 Å². The molecule has 1 saturated heterocycles. The van der Waals surface area contributed by atoms with Crippen LogP contribution in [0.3, 0.4) is 0 Å². The van der Waals surface area contributed by atoms with E-state index in [1.54, 1.807) is 23.1 Å². The first kappa shape index (κ1) is 47.1. The minimum Gasteiger partial charge on any atom is -0.367 e. The summed E-state index contributed by atoms with van der Waals surface area (Å²) in [5, 5.41) is 27.1. The molecule has 5 heterocycles. The number of rotatable bonds is 23. The van der Waals surface area contributed by atoms with Gasteiger partial charge in [0.25, 0.3) is 0 Å². The van der Waals surface area contributed by atoms with E-state index in [1.807, 2.05) is 11.7 Å². The number of nitrogens with one attached hydrogen (secondary N) is 4. The predicted octanol–water partition coefficient (Wildman–Crippen LogP) is 7.23. The van der Waals surface area contributed by atoms with Crippen LogP contribution in [0.1, 0.15) is 68.2 Å². The molecular weight excluding hydrogens is 865 g/mol. The van der Waals surface area contributed by atoms with Crippen molar-refractivity contribution in [3.05, 3.63) is 94.4 Å². The third-order valence-electron chi connectivity index (χ3n) is 12.4. The van der Waals surface area contributed by atoms with Crippen molar-refractivity contribution in [3.63, 3.8) is 0 Å². The second-order valence-corrected chi connectivity index (χ2v) is 19.2. The van der Waals surface area contributed by atoms with Gasteiger partial charge in [0.1, 0.15) is 0 Å². The molecule has 66 heavy (non-hydrogen) atoms. The summed E-state index contributed by atoms with van der Waals surface area (Å²) in [6, 6.07) is 24.4. The number of piperidine rings is 1. The van der Waals surface area contributed by atoms with Crippen molar-refractivity contribution < 1.29 is 9.59 Å². The van der Waals surface area contributed by atoms with Crippen molar-refractivity contribution in [2.75, 3.05) is 63.9 Å². The lowest BCUT2D eigenvalue weighted by atomic mass is 9.96. The first-order valence-electron chi connectivity index (χ1n) is 23.6. The average molecular weight is 929 g/mol. The Labute approximate surface area is 395 Å². The molecule has 348 valence electrons. The van der Waals surface area contributed by atoms with Gasteiger partial charge in [-0.05, 0) is 123 Å². The summed E-state index contributed by atoms with van der Waals surface area (Å²) >= 11 is 3.37. The van der Waals surface area contributed by atoms with Gasteiger partial charge >= 0.3 is 0 Å². The van der Waals surface area contributed by atoms with E-state index in [4.69, 9.17) is 10.7 Å². The minimum atomic E-state index is 0.0350. The quantitative estimate of drug-likeness (QED) is 0.0249. The number of thioether (sulfide) groups is 1. The van der Waals surface area contributed by atoms with Gasteiger partial charge in [-0.25, -0.2) is 14.6 Å². The zero-order valence-corrected chi connectivity index (χ0v) is 40.2. The highest BCUT2D eigenvalue weighted by Crippen LogP contribution is 2.35. The molecule has 16 heteroatoms. The fourth-order valence-corrected chi connectivity index (χ4v) is 10.5. The van der Waals surface area contributed by atoms with E-state index < -0.39 is 0 Å². The van der Waals surface area contributed by atoms with E-state index in [2.05, 4.69) is 132 Å². The van der Waals surface area contributed by atoms with Crippen molar-refractivity contribution in [2.24, 2.45) is 11.7 Å². The number of benzene rings is 3. The number of aryl methyl sites for hydroxylation is 3. The Bertz CT molecular complexity index is 2720. The second-order valence-electron chi connectivity index (χ2n) is 17.2. The van der Waals surface area contributed by atoms with Crippen LogP contribution in [0, 0.1) is 5.92 Å². The Kier molecular flexibility index (Phi) is 16.3. The normalized spacial score (nSPS) is 13.6. The van der Waals surface area contributed by atoms with Crippen LogP contribution in [0.2, 0.25) is 0 Å². The van der Waals surface area contributed by atoms with Gasteiger partial charge in [-0.1, -0.05) is 66.4 Å². The molecule has 2 amide bonds. The summed E-state index contributed by atoms with van der Waals surface area (Å²) in [5.74, 6) is 1.87. The summed E-state index contributed by atoms with van der Waals surface area (Å²) in [5.41, 5.74) is 15.6. The van der Waals surface area contributed by atoms with Crippen LogP contribution in [0.15, 0.2) is 77.3 Å². The molecule has 1 aliphatic rings. The lowest BCUT2D eigenvalue weighted by Crippen LogP contribution is -2.43. The molecule has 0 radical (unpaired) electrons. The largest absolute Gasteiger partial charge is 0.367 e. The number of thiophene rings is 1. The first-order valence-corrected chi connectivity index (χ1v) is 25.5. The average Bonchev–Trinajstić information content (AvgIpc) is 4.07. The van der Waals surface area contributed by atoms with E-state index >= 15 is 0 Å². The molecular formula is C50H64N12O2S2. The number of carbonyl (C=O) groups is 2. The van der Waals surface area contributed by atoms with Crippen molar-refractivity contribution in [3.8, 4) is 10.4 Å². The van der Waals surface area contributed by atoms with Crippen LogP contribution < -0.4 is 27.0 Å². The van der Waals surface area contributed by atoms with Crippen molar-refractivity contribution >= 4 is 73.7 Å². The van der Waals surface area contributed by atoms with Crippen LogP contribution in [-0.2, 0) is 42.1 Å². The Balaban J connectivity index is 0.713. The maximum atomic E-state index is 13.0. The zero-order chi connectivity index (χ0) is 45.8. The lowest BCUT2D eigenvalue weighted by molar-refractivity contribution is -0.126. The topological polar surface area (TPSA) is 173 Å². The number of nitrogens with two attached hydrogens (primary N) is 1. The van der Waals surface area contributed by atoms with Crippen LogP contribution in [0.4, 0.5) is 5.82 Å². The van der Waals surface area contributed by atoms with Gasteiger partial charge < -0.3 is 36.5 Å². The van der Waals surface area contributed by atoms with Gasteiger partial charge in [0.15, 0.2) is 22.1 Å². The highest BCUT2D eigenvalue weighted by atomic mass is 32.2. The SMILES string of the molecule is CCCSc1nc(NCCN)c2nnn(Cc3ccc(CCCNC(=O)C4CCN(CCNC(=O)CCc5csc(-c6ccc7c8cc(CNC)ccc8n(CC)c7c6)c5)CC4)cc3)c2n1. The van der Waals surface area contributed by atoms with Crippen LogP contribution in [0.5, 0.6) is 0 Å². The summed E-state index contributed by atoms with van der Waals surface area (Å²) in [6.45, 7) is 11.5. The van der Waals surface area contributed by atoms with Crippen LogP contribution in [-0.4, -0.2) is 105 Å². The first-order chi connectivity index (χ1) is 32.3. The van der Waals surface area contributed by atoms with E-state index in [1.165, 1.54) is 48.9 Å². The number of nitrogens with zero attached hydrogens (tertiary/aromatic N) is 7. The molecule has 6 N–H and O–H groups in total. The molecule has 0 unspecified atom stereocenters. The fourth-order valence-electron chi connectivity index (χ4n) is 8.88. The highest BCUT2D eigenvalue weighted by molar-refractivity contribution is 7.99. The van der Waals surface area contributed by atoms with Crippen LogP contribution in [0.25, 0.3) is 43.4 Å². The number of hydrogen-bond donors (Lipinski definition) is 5. The molecule has 14 nitrogen and oxygen atoms in total. The number of anilines is 1. The molecule has 0 bridgehead atoms. The molecule has 0 saturated carbocycles. The molecule has 0 spiro atoms. The lowest BCUT2D eigenvalue weighted by Gasteiger charge is -2.31. The molecule has 4 aromatic heterocycles. The van der Waals surface area contributed by atoms with Crippen LogP contribution >= 0.6 is 23.1 Å². The Morgan fingerprint density at radius 2 is 1.68 bits per heavy atom. The van der Waals surface area contributed by atoms with Gasteiger partial charge in [-0.2, -0.15) is 0 Å². The van der Waals surface area contributed by atoms with Crippen molar-refractivity contribution in [2.45, 2.75) is 83.6 Å². The number of aromatic nitrogens is 6. The Hall–Kier alpha value is -5.39. The van der Waals surface area contributed by atoms with Gasteiger partial charge in [0.05, 0.1) is 6.54 Å². The summed E-state index contributed by atoms with van der Waals surface area (Å²) < 4.78 is 4.23. The monoisotopic (exact) mass is 928 g/mol. The summed E-state index contributed by atoms with van der Waals surface area (Å²) in [4.78, 5) is 38.9. The van der Waals surface area contributed by atoms with Crippen molar-refractivity contribution in [1.82, 2.24) is 50.4 Å². The summed E-state index contributed by atoms with van der Waals surface area (Å²) in [6.07, 6.45) is 5.65. The van der Waals surface area contributed by atoms with E-state index in [0.29, 0.717) is 61.3 Å². The molecule has 3 aromatic carbocycles. The van der Waals surface area contributed by atoms with E-state index in [-0.39, 0.29) is 17.7 Å². The van der Waals surface area contributed by atoms with E-state index in [0.717, 1.165) is 82.6 Å². The smallest absolute Gasteiger partial charge is 0.223 e. The minimum absolute atomic E-state index is 0.0350. The van der Waals surface area contributed by atoms with Gasteiger partial charge in [0.2, 0.25) is 11.8 Å². The third kappa shape index (κ3) is 11.6. The molecule has 8 rings (SSSR count). The number of hydrogen-bond acceptors (Lipinski definition) is 12. The highest BCUT2D eigenvalue weighted by Gasteiger charge is 2.25. The fraction of sp³-hybridized carbons (Fsp3) is 0.440. The molecule has 0 atom stereocenters. The summed E-state index contributed by atoms with van der Waals surface area (Å²) in [7, 11) is 1.98. The zero-order valence-electron chi connectivity index (χ0n) is 38.6. The third-order valence-corrected chi connectivity index (χ3v) is 14.5. The maximum absolute atomic E-state index is 13.0. The number of fused-ring (bicyclic) bond motifs is 4. The second kappa shape index (κ2) is 22.9. The Morgan fingerprint density at radius 1 is 0.864 bits per heavy atom. The predicted molar refractivity (Wildman–Crippen MR) is 270 cm³/mol. The molecule has 7 aromatic rings. The molecule has 1 fully saturated rings.